The zero-order valence-electron chi connectivity index (χ0n) is 30.3. The van der Waals surface area contributed by atoms with Crippen LogP contribution in [0.4, 0.5) is 4.39 Å². The Labute approximate surface area is 296 Å². The third-order valence-electron chi connectivity index (χ3n) is 7.08. The normalized spacial score (nSPS) is 15.1. The molecule has 8 nitrogen and oxygen atoms in total. The molecule has 0 aliphatic carbocycles. The summed E-state index contributed by atoms with van der Waals surface area (Å²) < 4.78 is 31.1. The average molecular weight is 785 g/mol. The molecule has 3 atom stereocenters. The van der Waals surface area contributed by atoms with Gasteiger partial charge in [-0.1, -0.05) is 65.8 Å². The maximum atomic E-state index is 14.4. The van der Waals surface area contributed by atoms with Gasteiger partial charge in [0, 0.05) is 33.1 Å². The molecule has 268 valence electrons. The van der Waals surface area contributed by atoms with Crippen LogP contribution in [0.1, 0.15) is 112 Å². The topological polar surface area (TPSA) is 94.2 Å². The number of likely N-dealkylation sites (N-methyl/N-ethyl adjacent to an activating group) is 2. The van der Waals surface area contributed by atoms with Gasteiger partial charge in [0.05, 0.1) is 6.10 Å². The van der Waals surface area contributed by atoms with Crippen molar-refractivity contribution in [1.82, 2.24) is 10.2 Å². The molecule has 11 heteroatoms. The first-order valence-electron chi connectivity index (χ1n) is 16.6. The molecule has 0 aromatic heterocycles. The van der Waals surface area contributed by atoms with E-state index >= 15 is 0 Å². The number of carbonyl (C=O) groups excluding carboxylic acids is 3. The Hall–Kier alpha value is -1.44. The second-order valence-electron chi connectivity index (χ2n) is 12.1. The summed E-state index contributed by atoms with van der Waals surface area (Å²) in [6.07, 6.45) is 0.775. The van der Waals surface area contributed by atoms with Crippen LogP contribution in [0.25, 0.3) is 0 Å². The van der Waals surface area contributed by atoms with Crippen LogP contribution in [0.15, 0.2) is 24.3 Å². The summed E-state index contributed by atoms with van der Waals surface area (Å²) in [7, 11) is 6.58. The SMILES string of the molecule is CC.CC.CNC(CC(C)(C)F)C(=O)OC(Cc1ccc(C2CCOCC2)cc1)C(=O)N(C)C(CC(C)C)C(=O)OC(C)C.SI. The van der Waals surface area contributed by atoms with Crippen molar-refractivity contribution in [3.05, 3.63) is 35.4 Å². The van der Waals surface area contributed by atoms with Crippen molar-refractivity contribution in [2.24, 2.45) is 5.92 Å². The highest BCUT2D eigenvalue weighted by atomic mass is 127. The molecular formula is C35H62FIN2O6S. The second-order valence-corrected chi connectivity index (χ2v) is 12.1. The van der Waals surface area contributed by atoms with Gasteiger partial charge in [-0.2, -0.15) is 0 Å². The Morgan fingerprint density at radius 3 is 1.96 bits per heavy atom. The molecule has 2 rings (SSSR count). The fourth-order valence-electron chi connectivity index (χ4n) is 4.91. The number of ether oxygens (including phenoxy) is 3. The van der Waals surface area contributed by atoms with E-state index in [4.69, 9.17) is 14.2 Å². The third-order valence-corrected chi connectivity index (χ3v) is 7.08. The van der Waals surface area contributed by atoms with Gasteiger partial charge < -0.3 is 24.4 Å². The minimum absolute atomic E-state index is 0.110. The first-order chi connectivity index (χ1) is 21.7. The summed E-state index contributed by atoms with van der Waals surface area (Å²) in [5, 5.41) is 2.80. The van der Waals surface area contributed by atoms with Gasteiger partial charge in [0.1, 0.15) is 17.8 Å². The molecule has 3 unspecified atom stereocenters. The van der Waals surface area contributed by atoms with Crippen LogP contribution in [0, 0.1) is 5.92 Å². The summed E-state index contributed by atoms with van der Waals surface area (Å²) in [6.45, 7) is 19.7. The van der Waals surface area contributed by atoms with Crippen molar-refractivity contribution in [2.75, 3.05) is 27.3 Å². The number of thiol groups is 1. The van der Waals surface area contributed by atoms with E-state index in [1.165, 1.54) is 31.4 Å². The number of hydrogen-bond acceptors (Lipinski definition) is 8. The van der Waals surface area contributed by atoms with Gasteiger partial charge in [-0.15, -0.1) is 9.80 Å². The molecule has 1 fully saturated rings. The molecule has 1 aromatic rings. The molecular weight excluding hydrogens is 722 g/mol. The Morgan fingerprint density at radius 2 is 1.52 bits per heavy atom. The summed E-state index contributed by atoms with van der Waals surface area (Å²) >= 11 is 1.84. The lowest BCUT2D eigenvalue weighted by Crippen LogP contribution is -2.51. The van der Waals surface area contributed by atoms with Gasteiger partial charge in [-0.25, -0.2) is 9.18 Å². The monoisotopic (exact) mass is 784 g/mol. The second kappa shape index (κ2) is 25.6. The molecule has 0 spiro atoms. The third kappa shape index (κ3) is 18.2. The Morgan fingerprint density at radius 1 is 1.00 bits per heavy atom. The standard InChI is InChI=1S/C31H49FN2O6.2C2H6.HIS/c1-20(2)17-26(30(37)39-21(3)4)34(8)28(35)27(40-29(36)25(33-7)19-31(5,6)32)18-22-9-11-23(12-10-22)24-13-15-38-16-14-24;3*1-2/h9-12,20-21,24-27,33H,13-19H2,1-8H3;2*1-2H3;2H. The number of alkyl halides is 1. The molecule has 1 aliphatic heterocycles. The van der Waals surface area contributed by atoms with Gasteiger partial charge in [0.2, 0.25) is 0 Å². The Bertz CT molecular complexity index is 969. The predicted molar refractivity (Wildman–Crippen MR) is 198 cm³/mol. The van der Waals surface area contributed by atoms with Crippen LogP contribution in [0.2, 0.25) is 0 Å². The molecule has 0 radical (unpaired) electrons. The average Bonchev–Trinajstić information content (AvgIpc) is 3.04. The van der Waals surface area contributed by atoms with Crippen LogP contribution in [0.3, 0.4) is 0 Å². The van der Waals surface area contributed by atoms with Crippen molar-refractivity contribution in [1.29, 1.82) is 0 Å². The number of nitrogens with zero attached hydrogens (tertiary/aromatic N) is 1. The number of carbonyl (C=O) groups is 3. The highest BCUT2D eigenvalue weighted by Crippen LogP contribution is 2.27. The van der Waals surface area contributed by atoms with Crippen molar-refractivity contribution >= 4 is 48.9 Å². The van der Waals surface area contributed by atoms with Crippen LogP contribution < -0.4 is 5.32 Å². The van der Waals surface area contributed by atoms with E-state index in [2.05, 4.69) is 15.1 Å². The highest BCUT2D eigenvalue weighted by Gasteiger charge is 2.37. The zero-order chi connectivity index (χ0) is 36.0. The van der Waals surface area contributed by atoms with Crippen LogP contribution in [0.5, 0.6) is 0 Å². The first kappa shape index (κ1) is 46.7. The van der Waals surface area contributed by atoms with Gasteiger partial charge in [-0.05, 0) is 98.2 Å². The molecule has 1 aliphatic rings. The lowest BCUT2D eigenvalue weighted by Gasteiger charge is -2.32. The van der Waals surface area contributed by atoms with E-state index < -0.39 is 41.7 Å². The van der Waals surface area contributed by atoms with Gasteiger partial charge in [0.15, 0.2) is 6.10 Å². The van der Waals surface area contributed by atoms with E-state index in [-0.39, 0.29) is 24.9 Å². The van der Waals surface area contributed by atoms with Gasteiger partial charge >= 0.3 is 11.9 Å². The van der Waals surface area contributed by atoms with E-state index in [1.807, 2.05) is 87.0 Å². The number of halogens is 2. The lowest BCUT2D eigenvalue weighted by atomic mass is 9.90. The van der Waals surface area contributed by atoms with Gasteiger partial charge in [-0.3, -0.25) is 9.59 Å². The summed E-state index contributed by atoms with van der Waals surface area (Å²) in [4.78, 5) is 41.3. The molecule has 1 heterocycles. The molecule has 1 N–H and O–H groups in total. The number of rotatable bonds is 14. The van der Waals surface area contributed by atoms with Crippen LogP contribution >= 0.6 is 31.0 Å². The Kier molecular flexibility index (Phi) is 25.9. The van der Waals surface area contributed by atoms with Gasteiger partial charge in [0.25, 0.3) is 5.91 Å². The van der Waals surface area contributed by atoms with Crippen molar-refractivity contribution in [2.45, 2.75) is 137 Å². The summed E-state index contributed by atoms with van der Waals surface area (Å²) in [5.74, 6) is -1.20. The number of nitrogens with one attached hydrogen (secondary N) is 1. The summed E-state index contributed by atoms with van der Waals surface area (Å²) in [5.41, 5.74) is 0.400. The quantitative estimate of drug-likeness (QED) is 0.113. The molecule has 0 bridgehead atoms. The minimum Gasteiger partial charge on any atom is -0.461 e. The molecule has 1 amide bonds. The van der Waals surface area contributed by atoms with Crippen molar-refractivity contribution < 1.29 is 33.0 Å². The first-order valence-corrected chi connectivity index (χ1v) is 19.8. The molecule has 0 saturated carbocycles. The maximum Gasteiger partial charge on any atom is 0.329 e. The van der Waals surface area contributed by atoms with Crippen LogP contribution in [-0.4, -0.2) is 80.0 Å². The van der Waals surface area contributed by atoms with E-state index in [1.54, 1.807) is 20.9 Å². The predicted octanol–water partition coefficient (Wildman–Crippen LogP) is 7.90. The smallest absolute Gasteiger partial charge is 0.329 e. The summed E-state index contributed by atoms with van der Waals surface area (Å²) in [6, 6.07) is 6.20. The zero-order valence-corrected chi connectivity index (χ0v) is 33.4. The minimum atomic E-state index is -1.62. The molecule has 1 aromatic carbocycles. The number of benzene rings is 1. The van der Waals surface area contributed by atoms with E-state index in [0.29, 0.717) is 12.3 Å². The highest BCUT2D eigenvalue weighted by molar-refractivity contribution is 14.2. The van der Waals surface area contributed by atoms with Crippen molar-refractivity contribution in [3.63, 3.8) is 0 Å². The van der Waals surface area contributed by atoms with Crippen molar-refractivity contribution in [3.8, 4) is 0 Å². The maximum absolute atomic E-state index is 14.4. The fourth-order valence-corrected chi connectivity index (χ4v) is 4.91. The molecule has 1 saturated heterocycles. The number of amides is 1. The largest absolute Gasteiger partial charge is 0.461 e. The fraction of sp³-hybridized carbons (Fsp3) is 0.743. The van der Waals surface area contributed by atoms with E-state index in [0.717, 1.165) is 31.6 Å². The number of hydrogen-bond donors (Lipinski definition) is 2. The Balaban J connectivity index is 0. The number of esters is 2. The van der Waals surface area contributed by atoms with Crippen LogP contribution in [-0.2, 0) is 35.0 Å². The molecule has 46 heavy (non-hydrogen) atoms. The van der Waals surface area contributed by atoms with E-state index in [9.17, 15) is 18.8 Å². The lowest BCUT2D eigenvalue weighted by molar-refractivity contribution is -0.167.